The number of hydrogen-bond acceptors (Lipinski definition) is 5. The standard InChI is InChI=1S/C20H19ClN2O5/c1-27-15-6-4-5-14(10-15)23-11-13(9-19(23)25)20(26)28-12-18(24)22-17-8-3-2-7-16(17)21/h2-8,10,13H,9,11-12H2,1H3,(H,22,24)/t13-/m0/s1. The van der Waals surface area contributed by atoms with Crippen LogP contribution in [-0.4, -0.2) is 38.0 Å². The maximum absolute atomic E-state index is 12.3. The molecule has 1 aliphatic heterocycles. The number of carbonyl (C=O) groups excluding carboxylic acids is 3. The normalized spacial score (nSPS) is 16.0. The van der Waals surface area contributed by atoms with Crippen LogP contribution in [0.3, 0.4) is 0 Å². The predicted octanol–water partition coefficient (Wildman–Crippen LogP) is 2.88. The Bertz CT molecular complexity index is 902. The number of halogens is 1. The minimum atomic E-state index is -0.633. The van der Waals surface area contributed by atoms with Crippen LogP contribution in [0.5, 0.6) is 5.75 Å². The molecule has 3 rings (SSSR count). The molecule has 28 heavy (non-hydrogen) atoms. The van der Waals surface area contributed by atoms with E-state index in [0.717, 1.165) is 0 Å². The number of carbonyl (C=O) groups is 3. The smallest absolute Gasteiger partial charge is 0.311 e. The summed E-state index contributed by atoms with van der Waals surface area (Å²) in [5.41, 5.74) is 1.08. The van der Waals surface area contributed by atoms with Crippen molar-refractivity contribution in [3.05, 3.63) is 53.6 Å². The highest BCUT2D eigenvalue weighted by molar-refractivity contribution is 6.33. The first-order valence-corrected chi connectivity index (χ1v) is 9.01. The zero-order valence-corrected chi connectivity index (χ0v) is 15.9. The van der Waals surface area contributed by atoms with Crippen molar-refractivity contribution in [2.24, 2.45) is 5.92 Å². The average molecular weight is 403 g/mol. The lowest BCUT2D eigenvalue weighted by Gasteiger charge is -2.17. The molecule has 1 atom stereocenters. The van der Waals surface area contributed by atoms with E-state index in [0.29, 0.717) is 22.1 Å². The van der Waals surface area contributed by atoms with Gasteiger partial charge in [0.1, 0.15) is 5.75 Å². The van der Waals surface area contributed by atoms with E-state index < -0.39 is 24.4 Å². The van der Waals surface area contributed by atoms with Gasteiger partial charge in [0.25, 0.3) is 5.91 Å². The Labute approximate surface area is 167 Å². The van der Waals surface area contributed by atoms with Crippen molar-refractivity contribution in [3.63, 3.8) is 0 Å². The molecule has 8 heteroatoms. The fraction of sp³-hybridized carbons (Fsp3) is 0.250. The summed E-state index contributed by atoms with van der Waals surface area (Å²) in [5, 5.41) is 2.96. The summed E-state index contributed by atoms with van der Waals surface area (Å²) in [4.78, 5) is 38.1. The number of rotatable bonds is 6. The third-order valence-corrected chi connectivity index (χ3v) is 4.65. The molecule has 1 aliphatic rings. The Kier molecular flexibility index (Phi) is 6.16. The molecule has 0 unspecified atom stereocenters. The topological polar surface area (TPSA) is 84.9 Å². The fourth-order valence-electron chi connectivity index (χ4n) is 2.90. The molecule has 1 N–H and O–H groups in total. The number of ether oxygens (including phenoxy) is 2. The van der Waals surface area contributed by atoms with Crippen LogP contribution in [-0.2, 0) is 19.1 Å². The molecule has 0 aliphatic carbocycles. The van der Waals surface area contributed by atoms with E-state index in [2.05, 4.69) is 5.32 Å². The third kappa shape index (κ3) is 4.61. The number of para-hydroxylation sites is 1. The lowest BCUT2D eigenvalue weighted by Crippen LogP contribution is -2.28. The number of anilines is 2. The molecule has 1 saturated heterocycles. The molecule has 0 saturated carbocycles. The zero-order valence-electron chi connectivity index (χ0n) is 15.2. The molecule has 1 fully saturated rings. The number of amides is 2. The second kappa shape index (κ2) is 8.75. The molecular weight excluding hydrogens is 384 g/mol. The van der Waals surface area contributed by atoms with Gasteiger partial charge in [0.2, 0.25) is 5.91 Å². The van der Waals surface area contributed by atoms with E-state index in [1.54, 1.807) is 55.6 Å². The Morgan fingerprint density at radius 3 is 2.75 bits per heavy atom. The van der Waals surface area contributed by atoms with Crippen LogP contribution >= 0.6 is 11.6 Å². The first-order chi connectivity index (χ1) is 13.5. The van der Waals surface area contributed by atoms with Crippen LogP contribution in [0.4, 0.5) is 11.4 Å². The summed E-state index contributed by atoms with van der Waals surface area (Å²) >= 11 is 5.97. The number of esters is 1. The van der Waals surface area contributed by atoms with Gasteiger partial charge in [-0.25, -0.2) is 0 Å². The van der Waals surface area contributed by atoms with Crippen molar-refractivity contribution < 1.29 is 23.9 Å². The van der Waals surface area contributed by atoms with Crippen molar-refractivity contribution in [2.45, 2.75) is 6.42 Å². The number of hydrogen-bond donors (Lipinski definition) is 1. The monoisotopic (exact) mass is 402 g/mol. The molecule has 146 valence electrons. The molecule has 1 heterocycles. The van der Waals surface area contributed by atoms with Crippen LogP contribution in [0.1, 0.15) is 6.42 Å². The van der Waals surface area contributed by atoms with Gasteiger partial charge in [0.15, 0.2) is 6.61 Å². The van der Waals surface area contributed by atoms with Crippen LogP contribution in [0, 0.1) is 5.92 Å². The summed E-state index contributed by atoms with van der Waals surface area (Å²) in [5.74, 6) is -1.29. The number of nitrogens with one attached hydrogen (secondary N) is 1. The first-order valence-electron chi connectivity index (χ1n) is 8.63. The highest BCUT2D eigenvalue weighted by atomic mass is 35.5. The SMILES string of the molecule is COc1cccc(N2C[C@@H](C(=O)OCC(=O)Nc3ccccc3Cl)CC2=O)c1. The quantitative estimate of drug-likeness (QED) is 0.751. The summed E-state index contributed by atoms with van der Waals surface area (Å²) < 4.78 is 10.2. The summed E-state index contributed by atoms with van der Waals surface area (Å²) in [6, 6.07) is 13.8. The number of benzene rings is 2. The van der Waals surface area contributed by atoms with E-state index in [1.807, 2.05) is 0 Å². The van der Waals surface area contributed by atoms with Crippen LogP contribution < -0.4 is 15.0 Å². The van der Waals surface area contributed by atoms with Gasteiger partial charge in [-0.3, -0.25) is 14.4 Å². The fourth-order valence-corrected chi connectivity index (χ4v) is 3.08. The van der Waals surface area contributed by atoms with Gasteiger partial charge >= 0.3 is 5.97 Å². The molecule has 0 radical (unpaired) electrons. The summed E-state index contributed by atoms with van der Waals surface area (Å²) in [7, 11) is 1.54. The van der Waals surface area contributed by atoms with Gasteiger partial charge < -0.3 is 19.7 Å². The Morgan fingerprint density at radius 2 is 2.00 bits per heavy atom. The molecule has 0 bridgehead atoms. The maximum Gasteiger partial charge on any atom is 0.311 e. The van der Waals surface area contributed by atoms with Crippen molar-refractivity contribution in [3.8, 4) is 5.75 Å². The third-order valence-electron chi connectivity index (χ3n) is 4.32. The van der Waals surface area contributed by atoms with Gasteiger partial charge in [-0.2, -0.15) is 0 Å². The van der Waals surface area contributed by atoms with E-state index in [9.17, 15) is 14.4 Å². The minimum Gasteiger partial charge on any atom is -0.497 e. The van der Waals surface area contributed by atoms with Crippen LogP contribution in [0.25, 0.3) is 0 Å². The zero-order chi connectivity index (χ0) is 20.1. The summed E-state index contributed by atoms with van der Waals surface area (Å²) in [6.45, 7) is -0.259. The molecule has 2 aromatic rings. The van der Waals surface area contributed by atoms with Crippen LogP contribution in [0.15, 0.2) is 48.5 Å². The van der Waals surface area contributed by atoms with E-state index in [-0.39, 0.29) is 18.9 Å². The van der Waals surface area contributed by atoms with Crippen molar-refractivity contribution >= 4 is 40.8 Å². The molecule has 2 aromatic carbocycles. The Morgan fingerprint density at radius 1 is 1.21 bits per heavy atom. The number of methoxy groups -OCH3 is 1. The average Bonchev–Trinajstić information content (AvgIpc) is 3.10. The van der Waals surface area contributed by atoms with Crippen molar-refractivity contribution in [1.29, 1.82) is 0 Å². The van der Waals surface area contributed by atoms with Gasteiger partial charge in [-0.15, -0.1) is 0 Å². The molecular formula is C20H19ClN2O5. The highest BCUT2D eigenvalue weighted by Crippen LogP contribution is 2.28. The van der Waals surface area contributed by atoms with Crippen LogP contribution in [0.2, 0.25) is 5.02 Å². The lowest BCUT2D eigenvalue weighted by molar-refractivity contribution is -0.151. The van der Waals surface area contributed by atoms with E-state index in [4.69, 9.17) is 21.1 Å². The largest absolute Gasteiger partial charge is 0.497 e. The second-order valence-corrected chi connectivity index (χ2v) is 6.65. The minimum absolute atomic E-state index is 0.0299. The highest BCUT2D eigenvalue weighted by Gasteiger charge is 2.36. The lowest BCUT2D eigenvalue weighted by atomic mass is 10.1. The van der Waals surface area contributed by atoms with E-state index >= 15 is 0 Å². The van der Waals surface area contributed by atoms with E-state index in [1.165, 1.54) is 4.90 Å². The molecule has 0 aromatic heterocycles. The second-order valence-electron chi connectivity index (χ2n) is 6.24. The Balaban J connectivity index is 1.54. The van der Waals surface area contributed by atoms with Gasteiger partial charge in [-0.1, -0.05) is 29.8 Å². The summed E-state index contributed by atoms with van der Waals surface area (Å²) in [6.07, 6.45) is 0.0299. The Hall–Kier alpha value is -3.06. The van der Waals surface area contributed by atoms with Crippen molar-refractivity contribution in [2.75, 3.05) is 30.5 Å². The first kappa shape index (κ1) is 19.7. The van der Waals surface area contributed by atoms with Gasteiger partial charge in [0, 0.05) is 24.7 Å². The molecule has 2 amide bonds. The predicted molar refractivity (Wildman–Crippen MR) is 104 cm³/mol. The van der Waals surface area contributed by atoms with Crippen molar-refractivity contribution in [1.82, 2.24) is 0 Å². The molecule has 0 spiro atoms. The van der Waals surface area contributed by atoms with Gasteiger partial charge in [-0.05, 0) is 24.3 Å². The maximum atomic E-state index is 12.3. The van der Waals surface area contributed by atoms with Gasteiger partial charge in [0.05, 0.1) is 23.7 Å². The molecule has 7 nitrogen and oxygen atoms in total. The number of nitrogens with zero attached hydrogens (tertiary/aromatic N) is 1.